The van der Waals surface area contributed by atoms with Crippen LogP contribution in [0.1, 0.15) is 84.0 Å². The molecule has 1 unspecified atom stereocenters. The maximum absolute atomic E-state index is 9.33. The summed E-state index contributed by atoms with van der Waals surface area (Å²) in [6.07, 6.45) is 15.4. The predicted molar refractivity (Wildman–Crippen MR) is 105 cm³/mol. The summed E-state index contributed by atoms with van der Waals surface area (Å²) in [4.78, 5) is 0. The molecule has 25 heavy (non-hydrogen) atoms. The molecule has 0 radical (unpaired) electrons. The van der Waals surface area contributed by atoms with Gasteiger partial charge in [-0.15, -0.1) is 0 Å². The van der Waals surface area contributed by atoms with Crippen molar-refractivity contribution in [3.63, 3.8) is 0 Å². The molecule has 144 valence electrons. The molecule has 1 aromatic carbocycles. The van der Waals surface area contributed by atoms with Gasteiger partial charge in [0.1, 0.15) is 12.4 Å². The second kappa shape index (κ2) is 16.4. The fraction of sp³-hybridized carbons (Fsp3) is 0.727. The van der Waals surface area contributed by atoms with Crippen molar-refractivity contribution in [1.29, 1.82) is 0 Å². The lowest BCUT2D eigenvalue weighted by Gasteiger charge is -2.17. The lowest BCUT2D eigenvalue weighted by atomic mass is 10.1. The minimum Gasteiger partial charge on any atom is -0.462 e. The zero-order chi connectivity index (χ0) is 18.0. The molecule has 0 aliphatic carbocycles. The summed E-state index contributed by atoms with van der Waals surface area (Å²) in [5.41, 5.74) is 0. The Hall–Kier alpha value is -1.06. The van der Waals surface area contributed by atoms with Crippen molar-refractivity contribution < 1.29 is 14.6 Å². The predicted octanol–water partition coefficient (Wildman–Crippen LogP) is 6.10. The normalized spacial score (nSPS) is 12.2. The largest absolute Gasteiger partial charge is 0.462 e. The molecular weight excluding hydrogens is 312 g/mol. The van der Waals surface area contributed by atoms with E-state index in [0.717, 1.165) is 12.2 Å². The minimum absolute atomic E-state index is 0.118. The van der Waals surface area contributed by atoms with Crippen LogP contribution in [0.4, 0.5) is 0 Å². The average Bonchev–Trinajstić information content (AvgIpc) is 2.65. The van der Waals surface area contributed by atoms with Crippen molar-refractivity contribution in [3.8, 4) is 5.75 Å². The van der Waals surface area contributed by atoms with Crippen molar-refractivity contribution >= 4 is 0 Å². The van der Waals surface area contributed by atoms with Gasteiger partial charge in [-0.3, -0.25) is 0 Å². The molecule has 0 saturated carbocycles. The van der Waals surface area contributed by atoms with Gasteiger partial charge in [-0.2, -0.15) is 0 Å². The van der Waals surface area contributed by atoms with Gasteiger partial charge >= 0.3 is 0 Å². The van der Waals surface area contributed by atoms with Crippen LogP contribution in [0.15, 0.2) is 30.3 Å². The Morgan fingerprint density at radius 2 is 1.28 bits per heavy atom. The van der Waals surface area contributed by atoms with E-state index in [1.54, 1.807) is 0 Å². The van der Waals surface area contributed by atoms with E-state index in [-0.39, 0.29) is 6.61 Å². The van der Waals surface area contributed by atoms with E-state index in [9.17, 15) is 5.11 Å². The van der Waals surface area contributed by atoms with Crippen LogP contribution >= 0.6 is 0 Å². The molecule has 0 fully saturated rings. The van der Waals surface area contributed by atoms with E-state index >= 15 is 0 Å². The number of unbranched alkanes of at least 4 members (excludes halogenated alkanes) is 11. The highest BCUT2D eigenvalue weighted by Crippen LogP contribution is 2.13. The average molecular weight is 351 g/mol. The fourth-order valence-corrected chi connectivity index (χ4v) is 2.93. The van der Waals surface area contributed by atoms with Crippen LogP contribution in [0.2, 0.25) is 0 Å². The van der Waals surface area contributed by atoms with E-state index in [1.165, 1.54) is 70.6 Å². The van der Waals surface area contributed by atoms with E-state index < -0.39 is 6.29 Å². The molecule has 1 aromatic rings. The van der Waals surface area contributed by atoms with E-state index in [2.05, 4.69) is 6.92 Å². The Labute approximate surface area is 154 Å². The number of benzene rings is 1. The van der Waals surface area contributed by atoms with Crippen LogP contribution in [-0.2, 0) is 4.74 Å². The molecule has 1 N–H and O–H groups in total. The fourth-order valence-electron chi connectivity index (χ4n) is 2.93. The molecule has 0 aliphatic rings. The monoisotopic (exact) mass is 350 g/mol. The summed E-state index contributed by atoms with van der Waals surface area (Å²) in [5, 5.41) is 9.33. The zero-order valence-corrected chi connectivity index (χ0v) is 16.1. The lowest BCUT2D eigenvalue weighted by Crippen LogP contribution is -2.25. The van der Waals surface area contributed by atoms with Crippen LogP contribution in [-0.4, -0.2) is 24.6 Å². The topological polar surface area (TPSA) is 38.7 Å². The highest BCUT2D eigenvalue weighted by molar-refractivity contribution is 5.20. The molecular formula is C22H38O3. The first-order chi connectivity index (χ1) is 12.4. The third-order valence-electron chi connectivity index (χ3n) is 4.46. The number of hydrogen-bond donors (Lipinski definition) is 1. The third-order valence-corrected chi connectivity index (χ3v) is 4.46. The Morgan fingerprint density at radius 1 is 0.760 bits per heavy atom. The quantitative estimate of drug-likeness (QED) is 0.272. The second-order valence-corrected chi connectivity index (χ2v) is 6.80. The Kier molecular flexibility index (Phi) is 14.4. The van der Waals surface area contributed by atoms with Crippen LogP contribution in [0.25, 0.3) is 0 Å². The first kappa shape index (κ1) is 22.0. The Balaban J connectivity index is 1.87. The van der Waals surface area contributed by atoms with Crippen molar-refractivity contribution in [2.75, 3.05) is 13.2 Å². The van der Waals surface area contributed by atoms with E-state index in [0.29, 0.717) is 6.61 Å². The molecule has 3 nitrogen and oxygen atoms in total. The molecule has 0 amide bonds. The third kappa shape index (κ3) is 12.9. The summed E-state index contributed by atoms with van der Waals surface area (Å²) >= 11 is 0. The van der Waals surface area contributed by atoms with Gasteiger partial charge in [0, 0.05) is 0 Å². The molecule has 0 heterocycles. The molecule has 0 saturated heterocycles. The van der Waals surface area contributed by atoms with Gasteiger partial charge < -0.3 is 14.6 Å². The highest BCUT2D eigenvalue weighted by atomic mass is 16.7. The van der Waals surface area contributed by atoms with Crippen molar-refractivity contribution in [2.45, 2.75) is 90.3 Å². The number of ether oxygens (including phenoxy) is 2. The molecule has 3 heteroatoms. The molecule has 0 bridgehead atoms. The number of rotatable bonds is 17. The van der Waals surface area contributed by atoms with Crippen molar-refractivity contribution in [3.05, 3.63) is 30.3 Å². The summed E-state index contributed by atoms with van der Waals surface area (Å²) in [6.45, 7) is 2.80. The number of hydrogen-bond acceptors (Lipinski definition) is 3. The van der Waals surface area contributed by atoms with Gasteiger partial charge in [-0.05, 0) is 18.6 Å². The van der Waals surface area contributed by atoms with E-state index in [4.69, 9.17) is 9.47 Å². The highest BCUT2D eigenvalue weighted by Gasteiger charge is 2.08. The Bertz CT molecular complexity index is 380. The maximum atomic E-state index is 9.33. The van der Waals surface area contributed by atoms with Gasteiger partial charge in [0.15, 0.2) is 0 Å². The van der Waals surface area contributed by atoms with Crippen LogP contribution < -0.4 is 4.74 Å². The summed E-state index contributed by atoms with van der Waals surface area (Å²) < 4.78 is 11.2. The number of para-hydroxylation sites is 1. The van der Waals surface area contributed by atoms with Gasteiger partial charge in [0.25, 0.3) is 0 Å². The smallest absolute Gasteiger partial charge is 0.223 e. The lowest BCUT2D eigenvalue weighted by molar-refractivity contribution is -0.107. The minimum atomic E-state index is -0.560. The van der Waals surface area contributed by atoms with Crippen molar-refractivity contribution in [2.24, 2.45) is 0 Å². The standard InChI is InChI=1S/C22H38O3/c1-2-3-4-5-6-7-8-9-10-11-12-16-19-24-22(20-23)25-21-17-14-13-15-18-21/h13-15,17-18,22-23H,2-12,16,19-20H2,1H3. The van der Waals surface area contributed by atoms with Gasteiger partial charge in [0.2, 0.25) is 6.29 Å². The van der Waals surface area contributed by atoms with Gasteiger partial charge in [-0.1, -0.05) is 95.8 Å². The Morgan fingerprint density at radius 3 is 1.80 bits per heavy atom. The zero-order valence-electron chi connectivity index (χ0n) is 16.1. The van der Waals surface area contributed by atoms with Crippen LogP contribution in [0.5, 0.6) is 5.75 Å². The number of aliphatic hydroxyl groups excluding tert-OH is 1. The van der Waals surface area contributed by atoms with Crippen LogP contribution in [0.3, 0.4) is 0 Å². The maximum Gasteiger partial charge on any atom is 0.223 e. The summed E-state index contributed by atoms with van der Waals surface area (Å²) in [7, 11) is 0. The number of aliphatic hydroxyl groups is 1. The molecule has 0 aliphatic heterocycles. The summed E-state index contributed by atoms with van der Waals surface area (Å²) in [5.74, 6) is 0.733. The SMILES string of the molecule is CCCCCCCCCCCCCCOC(CO)Oc1ccccc1. The van der Waals surface area contributed by atoms with Crippen LogP contribution in [0, 0.1) is 0 Å². The van der Waals surface area contributed by atoms with Crippen molar-refractivity contribution in [1.82, 2.24) is 0 Å². The van der Waals surface area contributed by atoms with E-state index in [1.807, 2.05) is 30.3 Å². The second-order valence-electron chi connectivity index (χ2n) is 6.80. The van der Waals surface area contributed by atoms with Gasteiger partial charge in [0.05, 0.1) is 6.61 Å². The molecule has 0 spiro atoms. The summed E-state index contributed by atoms with van der Waals surface area (Å²) in [6, 6.07) is 9.50. The van der Waals surface area contributed by atoms with Gasteiger partial charge in [-0.25, -0.2) is 0 Å². The molecule has 1 rings (SSSR count). The molecule has 1 atom stereocenters. The first-order valence-corrected chi connectivity index (χ1v) is 10.3. The first-order valence-electron chi connectivity index (χ1n) is 10.3. The molecule has 0 aromatic heterocycles.